The van der Waals surface area contributed by atoms with Crippen LogP contribution in [0.2, 0.25) is 0 Å². The number of fused-ring (bicyclic) bond motifs is 5. The van der Waals surface area contributed by atoms with Gasteiger partial charge in [0.2, 0.25) is 0 Å². The quantitative estimate of drug-likeness (QED) is 0.583. The number of esters is 1. The summed E-state index contributed by atoms with van der Waals surface area (Å²) in [5.74, 6) is 1.80. The van der Waals surface area contributed by atoms with Gasteiger partial charge in [-0.25, -0.2) is 0 Å². The van der Waals surface area contributed by atoms with E-state index in [1.807, 2.05) is 0 Å². The summed E-state index contributed by atoms with van der Waals surface area (Å²) >= 11 is 0. The van der Waals surface area contributed by atoms with E-state index in [0.29, 0.717) is 17.8 Å². The van der Waals surface area contributed by atoms with Crippen molar-refractivity contribution in [3.05, 3.63) is 23.8 Å². The van der Waals surface area contributed by atoms with E-state index in [1.54, 1.807) is 0 Å². The highest BCUT2D eigenvalue weighted by Gasteiger charge is 2.57. The molecule has 0 aliphatic heterocycles. The SMILES string of the molecule is CC(=O)OC1C=C[C@@]2(C)C(=CCC3C4CCC(O)[C@@]4(C)CCC32)C1. The Bertz CT molecular complexity index is 606. The van der Waals surface area contributed by atoms with Gasteiger partial charge >= 0.3 is 5.97 Å². The summed E-state index contributed by atoms with van der Waals surface area (Å²) in [5, 5.41) is 10.5. The van der Waals surface area contributed by atoms with Crippen LogP contribution in [0.5, 0.6) is 0 Å². The van der Waals surface area contributed by atoms with E-state index in [2.05, 4.69) is 32.1 Å². The monoisotopic (exact) mass is 330 g/mol. The molecule has 4 aliphatic rings. The topological polar surface area (TPSA) is 46.5 Å². The maximum atomic E-state index is 11.3. The molecule has 0 heterocycles. The van der Waals surface area contributed by atoms with Crippen LogP contribution in [0.15, 0.2) is 23.8 Å². The number of aliphatic hydroxyl groups excluding tert-OH is 1. The molecular weight excluding hydrogens is 300 g/mol. The van der Waals surface area contributed by atoms with Gasteiger partial charge in [0, 0.05) is 18.8 Å². The van der Waals surface area contributed by atoms with Crippen LogP contribution in [0.3, 0.4) is 0 Å². The van der Waals surface area contributed by atoms with E-state index in [9.17, 15) is 9.90 Å². The third-order valence-corrected chi connectivity index (χ3v) is 7.88. The summed E-state index contributed by atoms with van der Waals surface area (Å²) < 4.78 is 5.42. The third-order valence-electron chi connectivity index (χ3n) is 7.88. The molecule has 5 unspecified atom stereocenters. The first-order chi connectivity index (χ1) is 11.3. The minimum Gasteiger partial charge on any atom is -0.458 e. The highest BCUT2D eigenvalue weighted by atomic mass is 16.5. The Morgan fingerprint density at radius 2 is 2.04 bits per heavy atom. The molecule has 2 saturated carbocycles. The molecule has 3 nitrogen and oxygen atoms in total. The Labute approximate surface area is 145 Å². The number of allylic oxidation sites excluding steroid dienone is 2. The fraction of sp³-hybridized carbons (Fsp3) is 0.762. The average Bonchev–Trinajstić information content (AvgIpc) is 2.83. The molecular formula is C21H30O3. The minimum absolute atomic E-state index is 0.0967. The zero-order valence-corrected chi connectivity index (χ0v) is 15.1. The predicted octanol–water partition coefficient (Wildman–Crippen LogP) is 4.02. The van der Waals surface area contributed by atoms with Gasteiger partial charge in [-0.05, 0) is 61.3 Å². The Balaban J connectivity index is 1.62. The van der Waals surface area contributed by atoms with Gasteiger partial charge in [0.05, 0.1) is 6.10 Å². The molecule has 0 amide bonds. The largest absolute Gasteiger partial charge is 0.458 e. The predicted molar refractivity (Wildman–Crippen MR) is 93.2 cm³/mol. The molecule has 0 aromatic rings. The van der Waals surface area contributed by atoms with Crippen molar-refractivity contribution in [2.45, 2.75) is 71.5 Å². The van der Waals surface area contributed by atoms with Crippen LogP contribution in [-0.4, -0.2) is 23.3 Å². The van der Waals surface area contributed by atoms with Gasteiger partial charge in [0.1, 0.15) is 6.10 Å². The number of carbonyl (C=O) groups is 1. The van der Waals surface area contributed by atoms with Gasteiger partial charge < -0.3 is 9.84 Å². The Hall–Kier alpha value is -1.09. The van der Waals surface area contributed by atoms with Crippen molar-refractivity contribution in [1.29, 1.82) is 0 Å². The van der Waals surface area contributed by atoms with Crippen molar-refractivity contribution in [3.8, 4) is 0 Å². The molecule has 2 fully saturated rings. The van der Waals surface area contributed by atoms with E-state index >= 15 is 0 Å². The van der Waals surface area contributed by atoms with Crippen molar-refractivity contribution in [2.24, 2.45) is 28.6 Å². The zero-order valence-electron chi connectivity index (χ0n) is 15.1. The van der Waals surface area contributed by atoms with E-state index in [1.165, 1.54) is 25.3 Å². The maximum absolute atomic E-state index is 11.3. The van der Waals surface area contributed by atoms with Gasteiger partial charge in [-0.15, -0.1) is 0 Å². The summed E-state index contributed by atoms with van der Waals surface area (Å²) in [6.07, 6.45) is 13.1. The molecule has 1 N–H and O–H groups in total. The first-order valence-electron chi connectivity index (χ1n) is 9.59. The maximum Gasteiger partial charge on any atom is 0.303 e. The number of hydrogen-bond donors (Lipinski definition) is 1. The second-order valence-corrected chi connectivity index (χ2v) is 8.97. The van der Waals surface area contributed by atoms with E-state index < -0.39 is 0 Å². The van der Waals surface area contributed by atoms with Crippen molar-refractivity contribution in [3.63, 3.8) is 0 Å². The molecule has 0 aromatic heterocycles. The fourth-order valence-corrected chi connectivity index (χ4v) is 6.49. The Kier molecular flexibility index (Phi) is 3.72. The standard InChI is InChI=1S/C21H30O3/c1-13(22)24-15-8-10-20(2)14(12-15)4-5-16-17-6-7-19(23)21(17,3)11-9-18(16)20/h4,8,10,15-19,23H,5-7,9,11-12H2,1-3H3/t15?,16?,17?,18?,19?,20-,21-/m0/s1. The van der Waals surface area contributed by atoms with Crippen LogP contribution < -0.4 is 0 Å². The molecule has 4 aliphatic carbocycles. The van der Waals surface area contributed by atoms with Crippen molar-refractivity contribution in [2.75, 3.05) is 0 Å². The summed E-state index contributed by atoms with van der Waals surface area (Å²) in [6, 6.07) is 0. The molecule has 0 aromatic carbocycles. The summed E-state index contributed by atoms with van der Waals surface area (Å²) in [7, 11) is 0. The van der Waals surface area contributed by atoms with Crippen LogP contribution in [-0.2, 0) is 9.53 Å². The number of ether oxygens (including phenoxy) is 1. The molecule has 0 saturated heterocycles. The van der Waals surface area contributed by atoms with E-state index in [0.717, 1.165) is 25.7 Å². The van der Waals surface area contributed by atoms with Gasteiger partial charge in [-0.1, -0.05) is 31.6 Å². The van der Waals surface area contributed by atoms with Crippen LogP contribution in [0.1, 0.15) is 59.3 Å². The van der Waals surface area contributed by atoms with Crippen LogP contribution in [0.25, 0.3) is 0 Å². The van der Waals surface area contributed by atoms with Crippen molar-refractivity contribution in [1.82, 2.24) is 0 Å². The van der Waals surface area contributed by atoms with Crippen LogP contribution in [0, 0.1) is 28.6 Å². The first kappa shape index (κ1) is 16.4. The van der Waals surface area contributed by atoms with Gasteiger partial charge in [0.15, 0.2) is 0 Å². The molecule has 7 atom stereocenters. The smallest absolute Gasteiger partial charge is 0.303 e. The highest BCUT2D eigenvalue weighted by Crippen LogP contribution is 2.63. The molecule has 0 spiro atoms. The molecule has 3 heteroatoms. The summed E-state index contributed by atoms with van der Waals surface area (Å²) in [4.78, 5) is 11.3. The average molecular weight is 330 g/mol. The third kappa shape index (κ3) is 2.23. The zero-order chi connectivity index (χ0) is 17.1. The lowest BCUT2D eigenvalue weighted by atomic mass is 9.49. The number of rotatable bonds is 1. The van der Waals surface area contributed by atoms with Gasteiger partial charge in [0.25, 0.3) is 0 Å². The fourth-order valence-electron chi connectivity index (χ4n) is 6.49. The lowest BCUT2D eigenvalue weighted by Gasteiger charge is -2.56. The van der Waals surface area contributed by atoms with E-state index in [-0.39, 0.29) is 29.0 Å². The lowest BCUT2D eigenvalue weighted by Crippen LogP contribution is -2.50. The molecule has 4 rings (SSSR count). The number of aliphatic hydroxyl groups is 1. The summed E-state index contributed by atoms with van der Waals surface area (Å²) in [6.45, 7) is 6.19. The first-order valence-corrected chi connectivity index (χ1v) is 9.59. The van der Waals surface area contributed by atoms with E-state index in [4.69, 9.17) is 4.74 Å². The summed E-state index contributed by atoms with van der Waals surface area (Å²) in [5.41, 5.74) is 1.69. The molecule has 0 bridgehead atoms. The molecule has 0 radical (unpaired) electrons. The van der Waals surface area contributed by atoms with Crippen molar-refractivity contribution >= 4 is 5.97 Å². The Morgan fingerprint density at radius 3 is 2.79 bits per heavy atom. The van der Waals surface area contributed by atoms with Crippen LogP contribution in [0.4, 0.5) is 0 Å². The molecule has 132 valence electrons. The normalized spacial score (nSPS) is 49.7. The lowest BCUT2D eigenvalue weighted by molar-refractivity contribution is -0.144. The Morgan fingerprint density at radius 1 is 1.25 bits per heavy atom. The van der Waals surface area contributed by atoms with Gasteiger partial charge in [-0.3, -0.25) is 4.79 Å². The highest BCUT2D eigenvalue weighted by molar-refractivity contribution is 5.66. The number of hydrogen-bond acceptors (Lipinski definition) is 3. The molecule has 24 heavy (non-hydrogen) atoms. The van der Waals surface area contributed by atoms with Crippen molar-refractivity contribution < 1.29 is 14.6 Å². The minimum atomic E-state index is -0.198. The van der Waals surface area contributed by atoms with Gasteiger partial charge in [-0.2, -0.15) is 0 Å². The number of carbonyl (C=O) groups excluding carboxylic acids is 1. The second kappa shape index (κ2) is 5.45. The second-order valence-electron chi connectivity index (χ2n) is 8.97. The van der Waals surface area contributed by atoms with Crippen LogP contribution >= 0.6 is 0 Å².